The average molecular weight is 248 g/mol. The van der Waals surface area contributed by atoms with Crippen LogP contribution in [0.3, 0.4) is 0 Å². The number of rotatable bonds is 8. The molecule has 0 bridgehead atoms. The van der Waals surface area contributed by atoms with Gasteiger partial charge in [-0.1, -0.05) is 52.2 Å². The minimum atomic E-state index is 0.528. The van der Waals surface area contributed by atoms with E-state index in [0.29, 0.717) is 5.41 Å². The first-order chi connectivity index (χ1) is 8.57. The van der Waals surface area contributed by atoms with Crippen LogP contribution in [-0.2, 0) is 6.42 Å². The van der Waals surface area contributed by atoms with Gasteiger partial charge >= 0.3 is 0 Å². The van der Waals surface area contributed by atoms with Crippen molar-refractivity contribution >= 4 is 0 Å². The minimum absolute atomic E-state index is 0.528. The first-order valence-electron chi connectivity index (χ1n) is 7.20. The topological polar surface area (TPSA) is 9.23 Å². The van der Waals surface area contributed by atoms with Crippen LogP contribution in [0.5, 0.6) is 5.75 Å². The highest BCUT2D eigenvalue weighted by Gasteiger charge is 2.13. The number of hydrogen-bond acceptors (Lipinski definition) is 1. The van der Waals surface area contributed by atoms with E-state index in [0.717, 1.165) is 5.75 Å². The molecule has 0 unspecified atom stereocenters. The summed E-state index contributed by atoms with van der Waals surface area (Å²) in [5.41, 5.74) is 1.95. The molecule has 0 fully saturated rings. The highest BCUT2D eigenvalue weighted by Crippen LogP contribution is 2.27. The average Bonchev–Trinajstić information content (AvgIpc) is 2.39. The zero-order chi connectivity index (χ0) is 13.4. The Labute approximate surface area is 113 Å². The van der Waals surface area contributed by atoms with Crippen molar-refractivity contribution < 1.29 is 4.74 Å². The molecule has 0 aliphatic heterocycles. The molecule has 18 heavy (non-hydrogen) atoms. The quantitative estimate of drug-likeness (QED) is 0.572. The number of ether oxygens (including phenoxy) is 1. The van der Waals surface area contributed by atoms with Crippen LogP contribution in [-0.4, -0.2) is 7.11 Å². The summed E-state index contributed by atoms with van der Waals surface area (Å²) in [5.74, 6) is 0.948. The summed E-state index contributed by atoms with van der Waals surface area (Å²) in [4.78, 5) is 0. The minimum Gasteiger partial charge on any atom is -0.497 e. The van der Waals surface area contributed by atoms with Gasteiger partial charge in [-0.05, 0) is 42.4 Å². The molecule has 0 aliphatic rings. The molecule has 0 aliphatic carbocycles. The fourth-order valence-corrected chi connectivity index (χ4v) is 2.08. The molecule has 0 atom stereocenters. The Bertz CT molecular complexity index is 324. The summed E-state index contributed by atoms with van der Waals surface area (Å²) in [6.07, 6.45) is 7.83. The van der Waals surface area contributed by atoms with Gasteiger partial charge in [-0.3, -0.25) is 0 Å². The summed E-state index contributed by atoms with van der Waals surface area (Å²) in [7, 11) is 1.71. The normalized spacial score (nSPS) is 11.6. The van der Waals surface area contributed by atoms with E-state index < -0.39 is 0 Å². The number of aryl methyl sites for hydroxylation is 1. The second-order valence-corrected chi connectivity index (χ2v) is 5.93. The Morgan fingerprint density at radius 2 is 1.67 bits per heavy atom. The SMILES string of the molecule is CCC(C)(C)CCCCCc1ccc(OC)cc1. The first kappa shape index (κ1) is 15.1. The zero-order valence-corrected chi connectivity index (χ0v) is 12.5. The highest BCUT2D eigenvalue weighted by atomic mass is 16.5. The molecular weight excluding hydrogens is 220 g/mol. The van der Waals surface area contributed by atoms with E-state index in [2.05, 4.69) is 45.0 Å². The fraction of sp³-hybridized carbons (Fsp3) is 0.647. The van der Waals surface area contributed by atoms with E-state index in [1.165, 1.54) is 44.1 Å². The molecule has 1 nitrogen and oxygen atoms in total. The number of unbranched alkanes of at least 4 members (excludes halogenated alkanes) is 2. The van der Waals surface area contributed by atoms with Gasteiger partial charge in [0, 0.05) is 0 Å². The largest absolute Gasteiger partial charge is 0.497 e. The summed E-state index contributed by atoms with van der Waals surface area (Å²) in [6, 6.07) is 8.45. The van der Waals surface area contributed by atoms with E-state index in [-0.39, 0.29) is 0 Å². The Kier molecular flexibility index (Phi) is 6.24. The van der Waals surface area contributed by atoms with Gasteiger partial charge in [0.2, 0.25) is 0 Å². The molecule has 0 spiro atoms. The van der Waals surface area contributed by atoms with Crippen molar-refractivity contribution in [3.05, 3.63) is 29.8 Å². The summed E-state index contributed by atoms with van der Waals surface area (Å²) >= 11 is 0. The van der Waals surface area contributed by atoms with Crippen LogP contribution in [0, 0.1) is 5.41 Å². The van der Waals surface area contributed by atoms with Crippen molar-refractivity contribution in [1.82, 2.24) is 0 Å². The Hall–Kier alpha value is -0.980. The van der Waals surface area contributed by atoms with Gasteiger partial charge in [0.1, 0.15) is 5.75 Å². The van der Waals surface area contributed by atoms with Gasteiger partial charge in [0.15, 0.2) is 0 Å². The van der Waals surface area contributed by atoms with Gasteiger partial charge in [0.25, 0.3) is 0 Å². The zero-order valence-electron chi connectivity index (χ0n) is 12.5. The predicted molar refractivity (Wildman–Crippen MR) is 79.2 cm³/mol. The molecule has 1 heteroatoms. The monoisotopic (exact) mass is 248 g/mol. The number of benzene rings is 1. The molecular formula is C17H28O. The van der Waals surface area contributed by atoms with Crippen LogP contribution in [0.2, 0.25) is 0 Å². The Morgan fingerprint density at radius 3 is 2.22 bits per heavy atom. The number of hydrogen-bond donors (Lipinski definition) is 0. The summed E-state index contributed by atoms with van der Waals surface area (Å²) < 4.78 is 5.16. The molecule has 0 heterocycles. The lowest BCUT2D eigenvalue weighted by atomic mass is 9.84. The smallest absolute Gasteiger partial charge is 0.118 e. The third-order valence-corrected chi connectivity index (χ3v) is 3.94. The van der Waals surface area contributed by atoms with Crippen LogP contribution >= 0.6 is 0 Å². The van der Waals surface area contributed by atoms with E-state index in [9.17, 15) is 0 Å². The van der Waals surface area contributed by atoms with Crippen LogP contribution in [0.4, 0.5) is 0 Å². The standard InChI is InChI=1S/C17H28O/c1-5-17(2,3)14-8-6-7-9-15-10-12-16(18-4)13-11-15/h10-13H,5-9,14H2,1-4H3. The molecule has 0 saturated carbocycles. The van der Waals surface area contributed by atoms with Gasteiger partial charge in [0.05, 0.1) is 7.11 Å². The van der Waals surface area contributed by atoms with Gasteiger partial charge in [-0.2, -0.15) is 0 Å². The molecule has 0 aromatic heterocycles. The van der Waals surface area contributed by atoms with E-state index in [1.807, 2.05) is 0 Å². The molecule has 1 aromatic carbocycles. The second kappa shape index (κ2) is 7.45. The van der Waals surface area contributed by atoms with Crippen LogP contribution in [0.1, 0.15) is 58.4 Å². The first-order valence-corrected chi connectivity index (χ1v) is 7.20. The van der Waals surface area contributed by atoms with E-state index >= 15 is 0 Å². The lowest BCUT2D eigenvalue weighted by molar-refractivity contribution is 0.308. The van der Waals surface area contributed by atoms with Crippen LogP contribution in [0.25, 0.3) is 0 Å². The van der Waals surface area contributed by atoms with Crippen molar-refractivity contribution in [3.63, 3.8) is 0 Å². The maximum atomic E-state index is 5.16. The van der Waals surface area contributed by atoms with Gasteiger partial charge in [-0.25, -0.2) is 0 Å². The van der Waals surface area contributed by atoms with Crippen LogP contribution in [0.15, 0.2) is 24.3 Å². The summed E-state index contributed by atoms with van der Waals surface area (Å²) in [5, 5.41) is 0. The Balaban J connectivity index is 2.17. The van der Waals surface area contributed by atoms with Crippen molar-refractivity contribution in [2.24, 2.45) is 5.41 Å². The fourth-order valence-electron chi connectivity index (χ4n) is 2.08. The molecule has 0 amide bonds. The Morgan fingerprint density at radius 1 is 1.00 bits per heavy atom. The van der Waals surface area contributed by atoms with Crippen molar-refractivity contribution in [2.75, 3.05) is 7.11 Å². The molecule has 1 rings (SSSR count). The highest BCUT2D eigenvalue weighted by molar-refractivity contribution is 5.27. The molecule has 0 radical (unpaired) electrons. The maximum Gasteiger partial charge on any atom is 0.118 e. The second-order valence-electron chi connectivity index (χ2n) is 5.93. The molecule has 102 valence electrons. The van der Waals surface area contributed by atoms with Gasteiger partial charge < -0.3 is 4.74 Å². The van der Waals surface area contributed by atoms with E-state index in [4.69, 9.17) is 4.74 Å². The van der Waals surface area contributed by atoms with Crippen molar-refractivity contribution in [2.45, 2.75) is 59.3 Å². The third-order valence-electron chi connectivity index (χ3n) is 3.94. The number of methoxy groups -OCH3 is 1. The lowest BCUT2D eigenvalue weighted by Gasteiger charge is -2.22. The molecule has 0 N–H and O–H groups in total. The van der Waals surface area contributed by atoms with Crippen LogP contribution < -0.4 is 4.74 Å². The van der Waals surface area contributed by atoms with Crippen molar-refractivity contribution in [1.29, 1.82) is 0 Å². The van der Waals surface area contributed by atoms with Gasteiger partial charge in [-0.15, -0.1) is 0 Å². The molecule has 0 saturated heterocycles. The maximum absolute atomic E-state index is 5.16. The molecule has 1 aromatic rings. The third kappa shape index (κ3) is 5.57. The predicted octanol–water partition coefficient (Wildman–Crippen LogP) is 5.23. The summed E-state index contributed by atoms with van der Waals surface area (Å²) in [6.45, 7) is 7.03. The van der Waals surface area contributed by atoms with E-state index in [1.54, 1.807) is 7.11 Å². The van der Waals surface area contributed by atoms with Crippen molar-refractivity contribution in [3.8, 4) is 5.75 Å². The lowest BCUT2D eigenvalue weighted by Crippen LogP contribution is -2.08.